The Kier molecular flexibility index (Phi) is 7.69. The van der Waals surface area contributed by atoms with E-state index in [1.807, 2.05) is 45.0 Å². The Labute approximate surface area is 177 Å². The van der Waals surface area contributed by atoms with Gasteiger partial charge in [-0.05, 0) is 48.9 Å². The third-order valence-electron chi connectivity index (χ3n) is 4.37. The summed E-state index contributed by atoms with van der Waals surface area (Å²) in [6, 6.07) is 10.2. The molecule has 0 aliphatic carbocycles. The number of ether oxygens (including phenoxy) is 2. The van der Waals surface area contributed by atoms with Crippen LogP contribution in [0, 0.1) is 0 Å². The molecule has 1 heterocycles. The molecule has 6 nitrogen and oxygen atoms in total. The number of allylic oxidation sites excluding steroid dienone is 3. The first kappa shape index (κ1) is 22.6. The van der Waals surface area contributed by atoms with Crippen LogP contribution in [0.15, 0.2) is 55.1 Å². The first-order valence-corrected chi connectivity index (χ1v) is 9.63. The zero-order valence-electron chi connectivity index (χ0n) is 18.0. The molecule has 0 spiro atoms. The minimum Gasteiger partial charge on any atom is -0.504 e. The molecule has 0 atom stereocenters. The summed E-state index contributed by atoms with van der Waals surface area (Å²) in [5.41, 5.74) is 3.97. The van der Waals surface area contributed by atoms with Gasteiger partial charge in [-0.25, -0.2) is 4.98 Å². The Bertz CT molecular complexity index is 1050. The summed E-state index contributed by atoms with van der Waals surface area (Å²) in [4.78, 5) is 8.02. The van der Waals surface area contributed by atoms with E-state index in [-0.39, 0.29) is 11.5 Å². The molecule has 3 rings (SSSR count). The standard InChI is InChI=1S/C22H22N2O4.C2H6/c1-5-6-13(2)20-21(14-8-10-18(27-3)19(12-14)28-4)24-22(23-20)15-7-9-16(25)17(26)11-15;1-2/h5-12,25-26H,1H2,2-4H3,(H,23,24);1-2H3/b13-6+;. The zero-order chi connectivity index (χ0) is 22.3. The van der Waals surface area contributed by atoms with Crippen LogP contribution in [0.1, 0.15) is 26.5 Å². The van der Waals surface area contributed by atoms with Gasteiger partial charge >= 0.3 is 0 Å². The van der Waals surface area contributed by atoms with Crippen LogP contribution in [-0.4, -0.2) is 34.4 Å². The monoisotopic (exact) mass is 408 g/mol. The molecule has 3 aromatic rings. The fraction of sp³-hybridized carbons (Fsp3) is 0.208. The number of nitrogens with one attached hydrogen (secondary N) is 1. The van der Waals surface area contributed by atoms with Gasteiger partial charge in [-0.3, -0.25) is 0 Å². The Hall–Kier alpha value is -3.67. The highest BCUT2D eigenvalue weighted by atomic mass is 16.5. The van der Waals surface area contributed by atoms with Crippen molar-refractivity contribution in [2.75, 3.05) is 14.2 Å². The number of phenolic OH excluding ortho intramolecular Hbond substituents is 2. The van der Waals surface area contributed by atoms with Gasteiger partial charge in [-0.1, -0.05) is 32.6 Å². The van der Waals surface area contributed by atoms with Crippen molar-refractivity contribution in [1.29, 1.82) is 0 Å². The molecule has 0 amide bonds. The number of benzene rings is 2. The van der Waals surface area contributed by atoms with Gasteiger partial charge in [0.05, 0.1) is 25.6 Å². The fourth-order valence-corrected chi connectivity index (χ4v) is 2.92. The smallest absolute Gasteiger partial charge is 0.161 e. The largest absolute Gasteiger partial charge is 0.504 e. The highest BCUT2D eigenvalue weighted by molar-refractivity contribution is 5.80. The minimum absolute atomic E-state index is 0.182. The topological polar surface area (TPSA) is 87.6 Å². The van der Waals surface area contributed by atoms with E-state index in [0.29, 0.717) is 22.9 Å². The lowest BCUT2D eigenvalue weighted by molar-refractivity contribution is 0.355. The second-order valence-corrected chi connectivity index (χ2v) is 6.17. The molecule has 2 aromatic carbocycles. The molecule has 6 heteroatoms. The van der Waals surface area contributed by atoms with Gasteiger partial charge in [-0.15, -0.1) is 0 Å². The molecule has 0 saturated carbocycles. The summed E-state index contributed by atoms with van der Waals surface area (Å²) in [7, 11) is 3.18. The molecule has 0 radical (unpaired) electrons. The van der Waals surface area contributed by atoms with E-state index >= 15 is 0 Å². The van der Waals surface area contributed by atoms with Crippen molar-refractivity contribution in [1.82, 2.24) is 9.97 Å². The van der Waals surface area contributed by atoms with E-state index in [4.69, 9.17) is 14.5 Å². The third-order valence-corrected chi connectivity index (χ3v) is 4.37. The number of methoxy groups -OCH3 is 2. The van der Waals surface area contributed by atoms with Crippen LogP contribution < -0.4 is 9.47 Å². The van der Waals surface area contributed by atoms with Crippen LogP contribution in [0.5, 0.6) is 23.0 Å². The van der Waals surface area contributed by atoms with Crippen LogP contribution in [0.4, 0.5) is 0 Å². The highest BCUT2D eigenvalue weighted by Gasteiger charge is 2.17. The number of nitrogens with zero attached hydrogens (tertiary/aromatic N) is 1. The van der Waals surface area contributed by atoms with E-state index in [2.05, 4.69) is 11.6 Å². The lowest BCUT2D eigenvalue weighted by Gasteiger charge is -2.10. The molecule has 0 fully saturated rings. The quantitative estimate of drug-likeness (QED) is 0.355. The Morgan fingerprint density at radius 1 is 0.967 bits per heavy atom. The van der Waals surface area contributed by atoms with Gasteiger partial charge in [-0.2, -0.15) is 0 Å². The maximum absolute atomic E-state index is 9.83. The zero-order valence-corrected chi connectivity index (χ0v) is 18.0. The van der Waals surface area contributed by atoms with Gasteiger partial charge in [0.1, 0.15) is 5.82 Å². The number of rotatable bonds is 6. The number of hydrogen-bond donors (Lipinski definition) is 3. The van der Waals surface area contributed by atoms with Crippen molar-refractivity contribution < 1.29 is 19.7 Å². The summed E-state index contributed by atoms with van der Waals surface area (Å²) < 4.78 is 10.7. The minimum atomic E-state index is -0.207. The number of aromatic amines is 1. The summed E-state index contributed by atoms with van der Waals surface area (Å²) in [6.45, 7) is 9.70. The first-order chi connectivity index (χ1) is 14.5. The van der Waals surface area contributed by atoms with Gasteiger partial charge in [0.25, 0.3) is 0 Å². The van der Waals surface area contributed by atoms with Crippen molar-refractivity contribution >= 4 is 5.57 Å². The van der Waals surface area contributed by atoms with Gasteiger partial charge in [0, 0.05) is 11.1 Å². The van der Waals surface area contributed by atoms with Crippen molar-refractivity contribution in [2.24, 2.45) is 0 Å². The van der Waals surface area contributed by atoms with Crippen LogP contribution in [-0.2, 0) is 0 Å². The summed E-state index contributed by atoms with van der Waals surface area (Å²) in [5.74, 6) is 1.41. The lowest BCUT2D eigenvalue weighted by atomic mass is 10.1. The normalized spacial score (nSPS) is 10.8. The Morgan fingerprint density at radius 2 is 1.63 bits per heavy atom. The first-order valence-electron chi connectivity index (χ1n) is 9.63. The number of aromatic hydroxyl groups is 2. The van der Waals surface area contributed by atoms with Crippen LogP contribution >= 0.6 is 0 Å². The van der Waals surface area contributed by atoms with Gasteiger partial charge < -0.3 is 24.7 Å². The van der Waals surface area contributed by atoms with Crippen molar-refractivity contribution in [3.05, 3.63) is 60.8 Å². The molecule has 158 valence electrons. The van der Waals surface area contributed by atoms with Crippen molar-refractivity contribution in [2.45, 2.75) is 20.8 Å². The molecule has 0 aliphatic heterocycles. The molecule has 0 saturated heterocycles. The average molecular weight is 408 g/mol. The highest BCUT2D eigenvalue weighted by Crippen LogP contribution is 2.37. The number of imidazole rings is 1. The van der Waals surface area contributed by atoms with Crippen molar-refractivity contribution in [3.8, 4) is 45.6 Å². The van der Waals surface area contributed by atoms with E-state index in [1.165, 1.54) is 12.1 Å². The number of hydrogen-bond acceptors (Lipinski definition) is 5. The molecular weight excluding hydrogens is 380 g/mol. The Balaban J connectivity index is 0.00000155. The van der Waals surface area contributed by atoms with Crippen LogP contribution in [0.25, 0.3) is 28.2 Å². The van der Waals surface area contributed by atoms with Crippen molar-refractivity contribution in [3.63, 3.8) is 0 Å². The number of aromatic nitrogens is 2. The molecule has 0 bridgehead atoms. The molecule has 30 heavy (non-hydrogen) atoms. The van der Waals surface area contributed by atoms with Crippen LogP contribution in [0.2, 0.25) is 0 Å². The van der Waals surface area contributed by atoms with E-state index in [1.54, 1.807) is 26.4 Å². The SMILES string of the molecule is C=C/C=C(\C)c1nc(-c2ccc(O)c(O)c2)[nH]c1-c1ccc(OC)c(OC)c1.CC. The lowest BCUT2D eigenvalue weighted by Crippen LogP contribution is -1.92. The third kappa shape index (κ3) is 4.66. The maximum Gasteiger partial charge on any atom is 0.161 e. The number of phenols is 2. The van der Waals surface area contributed by atoms with E-state index < -0.39 is 0 Å². The van der Waals surface area contributed by atoms with Gasteiger partial charge in [0.2, 0.25) is 0 Å². The predicted octanol–water partition coefficient (Wildman–Crippen LogP) is 5.79. The molecule has 0 aliphatic rings. The van der Waals surface area contributed by atoms with Gasteiger partial charge in [0.15, 0.2) is 23.0 Å². The average Bonchev–Trinajstić information content (AvgIpc) is 3.22. The Morgan fingerprint density at radius 3 is 2.23 bits per heavy atom. The molecule has 1 aromatic heterocycles. The molecular formula is C24H28N2O4. The summed E-state index contributed by atoms with van der Waals surface area (Å²) in [6.07, 6.45) is 3.58. The fourth-order valence-electron chi connectivity index (χ4n) is 2.92. The maximum atomic E-state index is 9.83. The molecule has 0 unspecified atom stereocenters. The summed E-state index contributed by atoms with van der Waals surface area (Å²) in [5, 5.41) is 19.4. The van der Waals surface area contributed by atoms with E-state index in [9.17, 15) is 10.2 Å². The number of H-pyrrole nitrogens is 1. The van der Waals surface area contributed by atoms with E-state index in [0.717, 1.165) is 22.5 Å². The second-order valence-electron chi connectivity index (χ2n) is 6.17. The second kappa shape index (κ2) is 10.2. The van der Waals surface area contributed by atoms with Crippen LogP contribution in [0.3, 0.4) is 0 Å². The summed E-state index contributed by atoms with van der Waals surface area (Å²) >= 11 is 0. The molecule has 3 N–H and O–H groups in total. The predicted molar refractivity (Wildman–Crippen MR) is 121 cm³/mol.